The van der Waals surface area contributed by atoms with E-state index in [4.69, 9.17) is 0 Å². The third-order valence-electron chi connectivity index (χ3n) is 2.30. The van der Waals surface area contributed by atoms with E-state index < -0.39 is 10.0 Å². The SMILES string of the molecule is Cc1nc(NS(=O)(=O)c2ccccc2)sc1C. The number of nitrogens with one attached hydrogen (secondary N) is 1. The normalized spacial score (nSPS) is 11.4. The highest BCUT2D eigenvalue weighted by molar-refractivity contribution is 7.93. The molecule has 0 aliphatic heterocycles. The lowest BCUT2D eigenvalue weighted by Gasteiger charge is -2.04. The molecule has 0 saturated heterocycles. The fourth-order valence-corrected chi connectivity index (χ4v) is 3.36. The highest BCUT2D eigenvalue weighted by Gasteiger charge is 2.15. The van der Waals surface area contributed by atoms with Crippen LogP contribution in [-0.2, 0) is 10.0 Å². The zero-order valence-corrected chi connectivity index (χ0v) is 11.1. The Labute approximate surface area is 104 Å². The molecule has 1 N–H and O–H groups in total. The first kappa shape index (κ1) is 12.1. The largest absolute Gasteiger partial charge is 0.263 e. The molecule has 6 heteroatoms. The van der Waals surface area contributed by atoms with Crippen LogP contribution in [0.15, 0.2) is 35.2 Å². The van der Waals surface area contributed by atoms with Gasteiger partial charge in [-0.3, -0.25) is 4.72 Å². The third-order valence-corrected chi connectivity index (χ3v) is 4.78. The predicted octanol–water partition coefficient (Wildman–Crippen LogP) is 2.56. The lowest BCUT2D eigenvalue weighted by molar-refractivity contribution is 0.601. The van der Waals surface area contributed by atoms with Crippen LogP contribution >= 0.6 is 11.3 Å². The average molecular weight is 268 g/mol. The molecule has 0 unspecified atom stereocenters. The Morgan fingerprint density at radius 3 is 2.35 bits per heavy atom. The zero-order valence-electron chi connectivity index (χ0n) is 9.47. The molecule has 0 aliphatic rings. The summed E-state index contributed by atoms with van der Waals surface area (Å²) >= 11 is 1.33. The number of rotatable bonds is 3. The molecule has 2 rings (SSSR count). The number of benzene rings is 1. The molecule has 1 aromatic carbocycles. The van der Waals surface area contributed by atoms with Crippen molar-refractivity contribution in [2.45, 2.75) is 18.7 Å². The smallest absolute Gasteiger partial charge is 0.255 e. The van der Waals surface area contributed by atoms with Crippen LogP contribution < -0.4 is 4.72 Å². The van der Waals surface area contributed by atoms with Gasteiger partial charge in [0.25, 0.3) is 10.0 Å². The van der Waals surface area contributed by atoms with Gasteiger partial charge in [-0.05, 0) is 26.0 Å². The van der Waals surface area contributed by atoms with Crippen molar-refractivity contribution in [3.05, 3.63) is 40.9 Å². The van der Waals surface area contributed by atoms with Crippen molar-refractivity contribution in [3.8, 4) is 0 Å². The average Bonchev–Trinajstić information content (AvgIpc) is 2.58. The Hall–Kier alpha value is -1.40. The third kappa shape index (κ3) is 2.65. The second-order valence-electron chi connectivity index (χ2n) is 3.58. The summed E-state index contributed by atoms with van der Waals surface area (Å²) in [5.41, 5.74) is 0.848. The maximum atomic E-state index is 12.0. The van der Waals surface area contributed by atoms with E-state index >= 15 is 0 Å². The van der Waals surface area contributed by atoms with Gasteiger partial charge < -0.3 is 0 Å². The Balaban J connectivity index is 2.30. The minimum absolute atomic E-state index is 0.241. The number of aromatic nitrogens is 1. The summed E-state index contributed by atoms with van der Waals surface area (Å²) in [5.74, 6) is 0. The van der Waals surface area contributed by atoms with Gasteiger partial charge in [0.05, 0.1) is 10.6 Å². The molecule has 1 aromatic heterocycles. The van der Waals surface area contributed by atoms with Crippen LogP contribution in [0.3, 0.4) is 0 Å². The van der Waals surface area contributed by atoms with E-state index in [-0.39, 0.29) is 4.90 Å². The minimum Gasteiger partial charge on any atom is -0.255 e. The Kier molecular flexibility index (Phi) is 3.17. The van der Waals surface area contributed by atoms with Crippen LogP contribution in [0.1, 0.15) is 10.6 Å². The highest BCUT2D eigenvalue weighted by Crippen LogP contribution is 2.23. The number of anilines is 1. The molecule has 0 spiro atoms. The fraction of sp³-hybridized carbons (Fsp3) is 0.182. The van der Waals surface area contributed by atoms with Crippen LogP contribution in [0.5, 0.6) is 0 Å². The molecule has 4 nitrogen and oxygen atoms in total. The van der Waals surface area contributed by atoms with E-state index in [1.165, 1.54) is 11.3 Å². The molecule has 0 radical (unpaired) electrons. The maximum absolute atomic E-state index is 12.0. The van der Waals surface area contributed by atoms with E-state index in [1.54, 1.807) is 30.3 Å². The van der Waals surface area contributed by atoms with Gasteiger partial charge >= 0.3 is 0 Å². The van der Waals surface area contributed by atoms with Crippen molar-refractivity contribution < 1.29 is 8.42 Å². The summed E-state index contributed by atoms with van der Waals surface area (Å²) in [6, 6.07) is 8.25. The van der Waals surface area contributed by atoms with E-state index in [0.717, 1.165) is 10.6 Å². The van der Waals surface area contributed by atoms with Crippen molar-refractivity contribution in [2.24, 2.45) is 0 Å². The van der Waals surface area contributed by atoms with Gasteiger partial charge in [-0.25, -0.2) is 13.4 Å². The molecule has 0 fully saturated rings. The van der Waals surface area contributed by atoms with Crippen LogP contribution in [0.4, 0.5) is 5.13 Å². The van der Waals surface area contributed by atoms with Gasteiger partial charge in [-0.15, -0.1) is 11.3 Å². The molecule has 0 amide bonds. The number of sulfonamides is 1. The molecule has 0 atom stereocenters. The molecular formula is C11H12N2O2S2. The molecular weight excluding hydrogens is 256 g/mol. The van der Waals surface area contributed by atoms with E-state index in [0.29, 0.717) is 5.13 Å². The van der Waals surface area contributed by atoms with Crippen LogP contribution in [0.25, 0.3) is 0 Å². The Bertz CT molecular complexity index is 599. The van der Waals surface area contributed by atoms with E-state index in [9.17, 15) is 8.42 Å². The minimum atomic E-state index is -3.52. The number of hydrogen-bond donors (Lipinski definition) is 1. The summed E-state index contributed by atoms with van der Waals surface area (Å²) in [7, 11) is -3.52. The lowest BCUT2D eigenvalue weighted by atomic mass is 10.4. The van der Waals surface area contributed by atoms with Gasteiger partial charge in [0, 0.05) is 4.88 Å². The van der Waals surface area contributed by atoms with Crippen LogP contribution in [-0.4, -0.2) is 13.4 Å². The molecule has 0 bridgehead atoms. The summed E-state index contributed by atoms with van der Waals surface area (Å²) in [6.45, 7) is 3.76. The summed E-state index contributed by atoms with van der Waals surface area (Å²) in [4.78, 5) is 5.40. The maximum Gasteiger partial charge on any atom is 0.263 e. The molecule has 1 heterocycles. The van der Waals surface area contributed by atoms with Gasteiger partial charge in [-0.2, -0.15) is 0 Å². The summed E-state index contributed by atoms with van der Waals surface area (Å²) in [5, 5.41) is 0.406. The van der Waals surface area contributed by atoms with Crippen molar-refractivity contribution in [1.82, 2.24) is 4.98 Å². The number of nitrogens with zero attached hydrogens (tertiary/aromatic N) is 1. The number of thiazole rings is 1. The number of hydrogen-bond acceptors (Lipinski definition) is 4. The van der Waals surface area contributed by atoms with Crippen molar-refractivity contribution >= 4 is 26.5 Å². The fourth-order valence-electron chi connectivity index (χ4n) is 1.29. The summed E-state index contributed by atoms with van der Waals surface area (Å²) < 4.78 is 26.4. The van der Waals surface area contributed by atoms with Crippen LogP contribution in [0, 0.1) is 13.8 Å². The van der Waals surface area contributed by atoms with Crippen molar-refractivity contribution in [3.63, 3.8) is 0 Å². The van der Waals surface area contributed by atoms with Gasteiger partial charge in [0.2, 0.25) is 0 Å². The number of aryl methyl sites for hydroxylation is 2. The van der Waals surface area contributed by atoms with Gasteiger partial charge in [0.15, 0.2) is 5.13 Å². The standard InChI is InChI=1S/C11H12N2O2S2/c1-8-9(2)16-11(12-8)13-17(14,15)10-6-4-3-5-7-10/h3-7H,1-2H3,(H,12,13). The van der Waals surface area contributed by atoms with E-state index in [1.807, 2.05) is 13.8 Å². The summed E-state index contributed by atoms with van der Waals surface area (Å²) in [6.07, 6.45) is 0. The van der Waals surface area contributed by atoms with E-state index in [2.05, 4.69) is 9.71 Å². The van der Waals surface area contributed by atoms with Gasteiger partial charge in [0.1, 0.15) is 0 Å². The topological polar surface area (TPSA) is 59.1 Å². The monoisotopic (exact) mass is 268 g/mol. The first-order valence-electron chi connectivity index (χ1n) is 5.01. The van der Waals surface area contributed by atoms with Crippen molar-refractivity contribution in [1.29, 1.82) is 0 Å². The Morgan fingerprint density at radius 1 is 1.18 bits per heavy atom. The molecule has 0 aliphatic carbocycles. The Morgan fingerprint density at radius 2 is 1.82 bits per heavy atom. The first-order chi connectivity index (χ1) is 7.99. The molecule has 0 saturated carbocycles. The quantitative estimate of drug-likeness (QED) is 0.930. The predicted molar refractivity (Wildman–Crippen MR) is 68.8 cm³/mol. The lowest BCUT2D eigenvalue weighted by Crippen LogP contribution is -2.12. The zero-order chi connectivity index (χ0) is 12.5. The molecule has 2 aromatic rings. The first-order valence-corrected chi connectivity index (χ1v) is 7.31. The second-order valence-corrected chi connectivity index (χ2v) is 6.46. The molecule has 90 valence electrons. The van der Waals surface area contributed by atoms with Crippen LogP contribution in [0.2, 0.25) is 0 Å². The second kappa shape index (κ2) is 4.46. The highest BCUT2D eigenvalue weighted by atomic mass is 32.2. The van der Waals surface area contributed by atoms with Gasteiger partial charge in [-0.1, -0.05) is 18.2 Å². The molecule has 17 heavy (non-hydrogen) atoms. The van der Waals surface area contributed by atoms with Crippen molar-refractivity contribution in [2.75, 3.05) is 4.72 Å².